The Bertz CT molecular complexity index is 181. The summed E-state index contributed by atoms with van der Waals surface area (Å²) >= 11 is 0. The van der Waals surface area contributed by atoms with Gasteiger partial charge in [-0.25, -0.2) is 0 Å². The molecule has 0 amide bonds. The summed E-state index contributed by atoms with van der Waals surface area (Å²) in [5.41, 5.74) is 0. The fourth-order valence-corrected chi connectivity index (χ4v) is 2.83. The molecule has 1 saturated carbocycles. The molecule has 0 aromatic carbocycles. The maximum atomic E-state index is 9.33. The lowest BCUT2D eigenvalue weighted by molar-refractivity contribution is 0.119. The van der Waals surface area contributed by atoms with E-state index in [1.54, 1.807) is 0 Å². The van der Waals surface area contributed by atoms with Crippen LogP contribution in [0.3, 0.4) is 0 Å². The zero-order valence-electron chi connectivity index (χ0n) is 8.20. The van der Waals surface area contributed by atoms with Crippen molar-refractivity contribution in [1.82, 2.24) is 4.90 Å². The van der Waals surface area contributed by atoms with Gasteiger partial charge in [0.15, 0.2) is 0 Å². The minimum atomic E-state index is -0.135. The lowest BCUT2D eigenvalue weighted by Gasteiger charge is -2.28. The number of nitrogens with zero attached hydrogens (tertiary/aromatic N) is 1. The van der Waals surface area contributed by atoms with Crippen LogP contribution in [0.2, 0.25) is 0 Å². The third-order valence-corrected chi connectivity index (χ3v) is 3.75. The summed E-state index contributed by atoms with van der Waals surface area (Å²) in [4.78, 5) is 2.45. The van der Waals surface area contributed by atoms with E-state index in [2.05, 4.69) is 18.9 Å². The molecule has 1 N–H and O–H groups in total. The quantitative estimate of drug-likeness (QED) is 0.669. The number of hydrogen-bond donors (Lipinski definition) is 1. The molecule has 1 aliphatic carbocycles. The second kappa shape index (κ2) is 2.71. The van der Waals surface area contributed by atoms with E-state index >= 15 is 0 Å². The van der Waals surface area contributed by atoms with Crippen LogP contribution < -0.4 is 0 Å². The first kappa shape index (κ1) is 8.52. The van der Waals surface area contributed by atoms with Crippen LogP contribution in [0.4, 0.5) is 0 Å². The number of likely N-dealkylation sites (tertiary alicyclic amines) is 1. The van der Waals surface area contributed by atoms with Gasteiger partial charge in [0.25, 0.3) is 0 Å². The molecule has 0 radical (unpaired) electrons. The van der Waals surface area contributed by atoms with Crippen LogP contribution >= 0.6 is 0 Å². The third kappa shape index (κ3) is 1.17. The van der Waals surface area contributed by atoms with Crippen molar-refractivity contribution in [2.45, 2.75) is 44.9 Å². The Hall–Kier alpha value is -0.0800. The Balaban J connectivity index is 1.97. The van der Waals surface area contributed by atoms with E-state index in [4.69, 9.17) is 0 Å². The number of fused-ring (bicyclic) bond motifs is 1. The van der Waals surface area contributed by atoms with Crippen molar-refractivity contribution in [3.8, 4) is 0 Å². The van der Waals surface area contributed by atoms with Gasteiger partial charge in [0.2, 0.25) is 0 Å². The molecule has 0 aromatic heterocycles. The minimum Gasteiger partial charge on any atom is -0.393 e. The van der Waals surface area contributed by atoms with Gasteiger partial charge >= 0.3 is 0 Å². The number of aliphatic hydroxyl groups is 1. The Morgan fingerprint density at radius 2 is 2.17 bits per heavy atom. The van der Waals surface area contributed by atoms with E-state index in [1.807, 2.05) is 6.92 Å². The Labute approximate surface area is 74.6 Å². The highest BCUT2D eigenvalue weighted by molar-refractivity contribution is 5.07. The van der Waals surface area contributed by atoms with Crippen molar-refractivity contribution < 1.29 is 5.11 Å². The highest BCUT2D eigenvalue weighted by atomic mass is 16.3. The Morgan fingerprint density at radius 1 is 1.50 bits per heavy atom. The topological polar surface area (TPSA) is 23.5 Å². The standard InChI is InChI=1S/C10H19NO/c1-6(12)4-10-9-5-8(9)7(2)11(10)3/h6-10,12H,4-5H2,1-3H3/t6?,7?,8-,9-,10?/m0/s1. The molecule has 12 heavy (non-hydrogen) atoms. The van der Waals surface area contributed by atoms with Crippen molar-refractivity contribution in [2.24, 2.45) is 11.8 Å². The maximum absolute atomic E-state index is 9.33. The molecule has 70 valence electrons. The zero-order valence-corrected chi connectivity index (χ0v) is 8.20. The number of piperidine rings is 1. The van der Waals surface area contributed by atoms with Crippen molar-refractivity contribution in [3.05, 3.63) is 0 Å². The average Bonchev–Trinajstić information content (AvgIpc) is 2.71. The Morgan fingerprint density at radius 3 is 2.58 bits per heavy atom. The van der Waals surface area contributed by atoms with E-state index in [-0.39, 0.29) is 6.10 Å². The number of aliphatic hydroxyl groups excluding tert-OH is 1. The highest BCUT2D eigenvalue weighted by Crippen LogP contribution is 2.53. The molecule has 2 heteroatoms. The fourth-order valence-electron chi connectivity index (χ4n) is 2.83. The smallest absolute Gasteiger partial charge is 0.0527 e. The molecule has 2 nitrogen and oxygen atoms in total. The summed E-state index contributed by atoms with van der Waals surface area (Å²) in [7, 11) is 2.20. The summed E-state index contributed by atoms with van der Waals surface area (Å²) in [6.07, 6.45) is 2.23. The van der Waals surface area contributed by atoms with Crippen LogP contribution in [-0.4, -0.2) is 35.2 Å². The van der Waals surface area contributed by atoms with E-state index < -0.39 is 0 Å². The third-order valence-electron chi connectivity index (χ3n) is 3.75. The minimum absolute atomic E-state index is 0.135. The SMILES string of the molecule is CC(O)CC1[C@H]2C[C@H]2C(C)N1C. The van der Waals surface area contributed by atoms with E-state index in [1.165, 1.54) is 6.42 Å². The van der Waals surface area contributed by atoms with Gasteiger partial charge < -0.3 is 10.0 Å². The number of rotatable bonds is 2. The van der Waals surface area contributed by atoms with Crippen LogP contribution in [0.25, 0.3) is 0 Å². The lowest BCUT2D eigenvalue weighted by atomic mass is 10.1. The van der Waals surface area contributed by atoms with Gasteiger partial charge in [-0.2, -0.15) is 0 Å². The van der Waals surface area contributed by atoms with Crippen molar-refractivity contribution in [3.63, 3.8) is 0 Å². The first-order valence-electron chi connectivity index (χ1n) is 5.01. The van der Waals surface area contributed by atoms with Crippen LogP contribution in [0.5, 0.6) is 0 Å². The predicted octanol–water partition coefficient (Wildman–Crippen LogP) is 1.10. The normalized spacial score (nSPS) is 49.0. The van der Waals surface area contributed by atoms with Gasteiger partial charge in [-0.05, 0) is 45.6 Å². The van der Waals surface area contributed by atoms with Gasteiger partial charge in [0.05, 0.1) is 6.10 Å². The van der Waals surface area contributed by atoms with Crippen molar-refractivity contribution >= 4 is 0 Å². The molecule has 1 aliphatic heterocycles. The molecule has 1 saturated heterocycles. The number of hydrogen-bond acceptors (Lipinski definition) is 2. The molecular formula is C10H19NO. The monoisotopic (exact) mass is 169 g/mol. The van der Waals surface area contributed by atoms with Crippen molar-refractivity contribution in [2.75, 3.05) is 7.05 Å². The average molecular weight is 169 g/mol. The molecule has 1 heterocycles. The second-order valence-corrected chi connectivity index (χ2v) is 4.62. The fraction of sp³-hybridized carbons (Fsp3) is 1.00. The van der Waals surface area contributed by atoms with Crippen LogP contribution in [0.15, 0.2) is 0 Å². The van der Waals surface area contributed by atoms with Crippen molar-refractivity contribution in [1.29, 1.82) is 0 Å². The summed E-state index contributed by atoms with van der Waals surface area (Å²) in [5, 5.41) is 9.33. The molecule has 0 bridgehead atoms. The summed E-state index contributed by atoms with van der Waals surface area (Å²) < 4.78 is 0. The van der Waals surface area contributed by atoms with Crippen LogP contribution in [-0.2, 0) is 0 Å². The second-order valence-electron chi connectivity index (χ2n) is 4.62. The molecule has 5 atom stereocenters. The molecule has 2 rings (SSSR count). The largest absolute Gasteiger partial charge is 0.393 e. The zero-order chi connectivity index (χ0) is 8.88. The highest BCUT2D eigenvalue weighted by Gasteiger charge is 2.55. The molecular weight excluding hydrogens is 150 g/mol. The van der Waals surface area contributed by atoms with Crippen LogP contribution in [0.1, 0.15) is 26.7 Å². The molecule has 0 aromatic rings. The summed E-state index contributed by atoms with van der Waals surface area (Å²) in [6, 6.07) is 1.41. The van der Waals surface area contributed by atoms with E-state index in [9.17, 15) is 5.11 Å². The predicted molar refractivity (Wildman–Crippen MR) is 48.9 cm³/mol. The van der Waals surface area contributed by atoms with Crippen LogP contribution in [0, 0.1) is 11.8 Å². The molecule has 3 unspecified atom stereocenters. The molecule has 0 spiro atoms. The van der Waals surface area contributed by atoms with Gasteiger partial charge in [0, 0.05) is 12.1 Å². The maximum Gasteiger partial charge on any atom is 0.0527 e. The summed E-state index contributed by atoms with van der Waals surface area (Å²) in [6.45, 7) is 4.21. The van der Waals surface area contributed by atoms with E-state index in [0.29, 0.717) is 6.04 Å². The van der Waals surface area contributed by atoms with E-state index in [0.717, 1.165) is 24.3 Å². The molecule has 2 aliphatic rings. The Kier molecular flexibility index (Phi) is 1.92. The van der Waals surface area contributed by atoms with Gasteiger partial charge in [0.1, 0.15) is 0 Å². The lowest BCUT2D eigenvalue weighted by Crippen LogP contribution is -2.36. The molecule has 2 fully saturated rings. The van der Waals surface area contributed by atoms with Gasteiger partial charge in [-0.15, -0.1) is 0 Å². The van der Waals surface area contributed by atoms with Gasteiger partial charge in [-0.3, -0.25) is 0 Å². The first-order chi connectivity index (χ1) is 5.61. The van der Waals surface area contributed by atoms with Gasteiger partial charge in [-0.1, -0.05) is 0 Å². The summed E-state index contributed by atoms with van der Waals surface area (Å²) in [5.74, 6) is 1.85. The first-order valence-corrected chi connectivity index (χ1v) is 5.01.